The van der Waals surface area contributed by atoms with Crippen LogP contribution in [0.2, 0.25) is 0 Å². The fourth-order valence-electron chi connectivity index (χ4n) is 7.88. The lowest BCUT2D eigenvalue weighted by molar-refractivity contribution is 0.670. The zero-order valence-corrected chi connectivity index (χ0v) is 29.6. The molecule has 0 saturated heterocycles. The Morgan fingerprint density at radius 3 is 1.51 bits per heavy atom. The lowest BCUT2D eigenvalue weighted by atomic mass is 9.95. The number of hydrogen-bond donors (Lipinski definition) is 0. The molecule has 55 heavy (non-hydrogen) atoms. The lowest BCUT2D eigenvalue weighted by Gasteiger charge is -2.10. The molecule has 0 saturated carbocycles. The molecule has 0 aliphatic heterocycles. The van der Waals surface area contributed by atoms with Crippen molar-refractivity contribution in [2.45, 2.75) is 0 Å². The molecule has 0 unspecified atom stereocenters. The summed E-state index contributed by atoms with van der Waals surface area (Å²) in [4.78, 5) is 15.3. The number of nitrogens with zero attached hydrogens (tertiary/aromatic N) is 3. The fourth-order valence-corrected chi connectivity index (χ4v) is 7.88. The minimum Gasteiger partial charge on any atom is -0.455 e. The summed E-state index contributed by atoms with van der Waals surface area (Å²) < 4.78 is 6.80. The summed E-state index contributed by atoms with van der Waals surface area (Å²) in [6.07, 6.45) is 0. The standard InChI is InChI=1S/C51H31N3O/c1-2-12-35(13-3-1)47-43-17-9-8-16-40(43)30-45-44-27-26-42(31-46(44)55-48(45)47)51-53-49(52-50(54-51)41-25-21-33-11-5-7-15-38(33)29-41)36-22-18-34(19-23-36)39-24-20-32-10-4-6-14-37(32)28-39/h1-31H. The maximum absolute atomic E-state index is 6.80. The van der Waals surface area contributed by atoms with Crippen molar-refractivity contribution in [3.05, 3.63) is 188 Å². The molecule has 0 amide bonds. The van der Waals surface area contributed by atoms with E-state index in [4.69, 9.17) is 19.4 Å². The number of rotatable bonds is 5. The number of furan rings is 1. The van der Waals surface area contributed by atoms with E-state index in [9.17, 15) is 0 Å². The van der Waals surface area contributed by atoms with E-state index < -0.39 is 0 Å². The van der Waals surface area contributed by atoms with Crippen LogP contribution in [0.25, 0.3) is 111 Å². The van der Waals surface area contributed by atoms with Crippen LogP contribution in [0.1, 0.15) is 0 Å². The highest BCUT2D eigenvalue weighted by atomic mass is 16.3. The average molecular weight is 702 g/mol. The Bertz CT molecular complexity index is 3260. The van der Waals surface area contributed by atoms with Crippen molar-refractivity contribution in [3.63, 3.8) is 0 Å². The van der Waals surface area contributed by atoms with Gasteiger partial charge >= 0.3 is 0 Å². The van der Waals surface area contributed by atoms with Crippen LogP contribution < -0.4 is 0 Å². The van der Waals surface area contributed by atoms with Crippen molar-refractivity contribution >= 4 is 54.3 Å². The highest BCUT2D eigenvalue weighted by Gasteiger charge is 2.19. The normalized spacial score (nSPS) is 11.6. The fraction of sp³-hybridized carbons (Fsp3) is 0. The van der Waals surface area contributed by atoms with Gasteiger partial charge in [0.1, 0.15) is 11.2 Å². The highest BCUT2D eigenvalue weighted by Crippen LogP contribution is 2.42. The molecule has 11 rings (SSSR count). The summed E-state index contributed by atoms with van der Waals surface area (Å²) >= 11 is 0. The van der Waals surface area contributed by atoms with E-state index in [-0.39, 0.29) is 0 Å². The average Bonchev–Trinajstić information content (AvgIpc) is 3.62. The second-order valence-corrected chi connectivity index (χ2v) is 14.0. The van der Waals surface area contributed by atoms with Crippen LogP contribution in [0.4, 0.5) is 0 Å². The van der Waals surface area contributed by atoms with Crippen LogP contribution >= 0.6 is 0 Å². The second-order valence-electron chi connectivity index (χ2n) is 14.0. The minimum atomic E-state index is 0.586. The summed E-state index contributed by atoms with van der Waals surface area (Å²) in [5.41, 5.74) is 8.88. The van der Waals surface area contributed by atoms with E-state index >= 15 is 0 Å². The smallest absolute Gasteiger partial charge is 0.164 e. The van der Waals surface area contributed by atoms with E-state index in [1.807, 2.05) is 6.07 Å². The highest BCUT2D eigenvalue weighted by molar-refractivity contribution is 6.18. The van der Waals surface area contributed by atoms with Gasteiger partial charge in [0.25, 0.3) is 0 Å². The molecule has 11 aromatic rings. The Hall–Kier alpha value is -7.43. The third-order valence-corrected chi connectivity index (χ3v) is 10.7. The van der Waals surface area contributed by atoms with Crippen molar-refractivity contribution in [3.8, 4) is 56.4 Å². The predicted octanol–water partition coefficient (Wildman–Crippen LogP) is 13.6. The summed E-state index contributed by atoms with van der Waals surface area (Å²) in [6.45, 7) is 0. The molecule has 2 heterocycles. The SMILES string of the molecule is c1ccc(-c2c3ccccc3cc3c2oc2cc(-c4nc(-c5ccc(-c6ccc7ccccc7c6)cc5)nc(-c5ccc6ccccc6c5)n4)ccc23)cc1. The Kier molecular flexibility index (Phi) is 7.14. The molecule has 9 aromatic carbocycles. The van der Waals surface area contributed by atoms with Gasteiger partial charge in [-0.05, 0) is 79.3 Å². The third-order valence-electron chi connectivity index (χ3n) is 10.7. The molecular formula is C51H31N3O. The second kappa shape index (κ2) is 12.6. The van der Waals surface area contributed by atoms with Gasteiger partial charge in [-0.3, -0.25) is 0 Å². The van der Waals surface area contributed by atoms with Crippen molar-refractivity contribution in [2.75, 3.05) is 0 Å². The molecular weight excluding hydrogens is 671 g/mol. The topological polar surface area (TPSA) is 51.8 Å². The molecule has 4 nitrogen and oxygen atoms in total. The Morgan fingerprint density at radius 2 is 0.800 bits per heavy atom. The van der Waals surface area contributed by atoms with Gasteiger partial charge in [0, 0.05) is 33.0 Å². The first-order chi connectivity index (χ1) is 27.2. The number of aromatic nitrogens is 3. The number of hydrogen-bond acceptors (Lipinski definition) is 4. The van der Waals surface area contributed by atoms with Crippen molar-refractivity contribution in [1.29, 1.82) is 0 Å². The molecule has 0 bridgehead atoms. The third kappa shape index (κ3) is 5.43. The van der Waals surface area contributed by atoms with Crippen LogP contribution in [0.3, 0.4) is 0 Å². The van der Waals surface area contributed by atoms with Crippen molar-refractivity contribution in [2.24, 2.45) is 0 Å². The monoisotopic (exact) mass is 701 g/mol. The van der Waals surface area contributed by atoms with Crippen molar-refractivity contribution < 1.29 is 4.42 Å². The van der Waals surface area contributed by atoms with E-state index in [2.05, 4.69) is 182 Å². The van der Waals surface area contributed by atoms with Gasteiger partial charge in [-0.1, -0.05) is 158 Å². The van der Waals surface area contributed by atoms with Crippen molar-refractivity contribution in [1.82, 2.24) is 15.0 Å². The van der Waals surface area contributed by atoms with Gasteiger partial charge in [0.05, 0.1) is 0 Å². The van der Waals surface area contributed by atoms with Gasteiger partial charge in [0.2, 0.25) is 0 Å². The molecule has 0 aliphatic rings. The molecule has 4 heteroatoms. The molecule has 0 spiro atoms. The minimum absolute atomic E-state index is 0.586. The molecule has 0 fully saturated rings. The van der Waals surface area contributed by atoms with E-state index in [1.54, 1.807) is 0 Å². The number of fused-ring (bicyclic) bond motifs is 6. The van der Waals surface area contributed by atoms with Gasteiger partial charge < -0.3 is 4.42 Å². The zero-order chi connectivity index (χ0) is 36.3. The van der Waals surface area contributed by atoms with E-state index in [0.29, 0.717) is 17.5 Å². The quantitative estimate of drug-likeness (QED) is 0.179. The van der Waals surface area contributed by atoms with Crippen LogP contribution in [0.15, 0.2) is 192 Å². The summed E-state index contributed by atoms with van der Waals surface area (Å²) in [6, 6.07) is 65.8. The van der Waals surface area contributed by atoms with Gasteiger partial charge in [-0.25, -0.2) is 15.0 Å². The zero-order valence-electron chi connectivity index (χ0n) is 29.6. The van der Waals surface area contributed by atoms with Crippen LogP contribution in [0, 0.1) is 0 Å². The molecule has 0 atom stereocenters. The summed E-state index contributed by atoms with van der Waals surface area (Å²) in [5.74, 6) is 1.81. The van der Waals surface area contributed by atoms with Crippen LogP contribution in [-0.2, 0) is 0 Å². The number of benzene rings is 9. The Morgan fingerprint density at radius 1 is 0.291 bits per heavy atom. The first-order valence-corrected chi connectivity index (χ1v) is 18.5. The van der Waals surface area contributed by atoms with E-state index in [1.165, 1.54) is 27.1 Å². The molecule has 2 aromatic heterocycles. The van der Waals surface area contributed by atoms with E-state index in [0.717, 1.165) is 66.1 Å². The maximum atomic E-state index is 6.80. The molecule has 0 aliphatic carbocycles. The largest absolute Gasteiger partial charge is 0.455 e. The summed E-state index contributed by atoms with van der Waals surface area (Å²) in [5, 5.41) is 9.22. The first-order valence-electron chi connectivity index (χ1n) is 18.5. The predicted molar refractivity (Wildman–Crippen MR) is 227 cm³/mol. The first kappa shape index (κ1) is 31.1. The summed E-state index contributed by atoms with van der Waals surface area (Å²) in [7, 11) is 0. The van der Waals surface area contributed by atoms with Gasteiger partial charge in [-0.15, -0.1) is 0 Å². The molecule has 0 N–H and O–H groups in total. The molecule has 256 valence electrons. The van der Waals surface area contributed by atoms with Gasteiger partial charge in [0.15, 0.2) is 17.5 Å². The Balaban J connectivity index is 1.06. The Labute approximate surface area is 317 Å². The lowest BCUT2D eigenvalue weighted by Crippen LogP contribution is -2.00. The maximum Gasteiger partial charge on any atom is 0.164 e. The van der Waals surface area contributed by atoms with Gasteiger partial charge in [-0.2, -0.15) is 0 Å². The van der Waals surface area contributed by atoms with Crippen LogP contribution in [0.5, 0.6) is 0 Å². The van der Waals surface area contributed by atoms with Crippen LogP contribution in [-0.4, -0.2) is 15.0 Å². The molecule has 0 radical (unpaired) electrons.